The summed E-state index contributed by atoms with van der Waals surface area (Å²) in [5, 5.41) is 4.28. The summed E-state index contributed by atoms with van der Waals surface area (Å²) < 4.78 is 0.908. The second-order valence-corrected chi connectivity index (χ2v) is 5.62. The van der Waals surface area contributed by atoms with E-state index in [4.69, 9.17) is 5.73 Å². The first-order chi connectivity index (χ1) is 10.1. The molecule has 0 amide bonds. The number of nitrogens with zero attached hydrogens (tertiary/aromatic N) is 3. The predicted molar refractivity (Wildman–Crippen MR) is 88.0 cm³/mol. The van der Waals surface area contributed by atoms with E-state index in [2.05, 4.69) is 36.2 Å². The molecule has 0 fully saturated rings. The number of anilines is 2. The fraction of sp³-hybridized carbons (Fsp3) is 0.133. The third-order valence-corrected chi connectivity index (χ3v) is 3.58. The van der Waals surface area contributed by atoms with Gasteiger partial charge in [-0.25, -0.2) is 9.97 Å². The maximum atomic E-state index is 6.01. The van der Waals surface area contributed by atoms with E-state index in [1.165, 1.54) is 0 Å². The van der Waals surface area contributed by atoms with E-state index in [1.807, 2.05) is 31.2 Å². The van der Waals surface area contributed by atoms with Gasteiger partial charge in [-0.15, -0.1) is 0 Å². The van der Waals surface area contributed by atoms with Crippen LogP contribution in [0.2, 0.25) is 0 Å². The molecule has 2 aromatic heterocycles. The Balaban J connectivity index is 1.92. The van der Waals surface area contributed by atoms with Crippen LogP contribution >= 0.6 is 15.9 Å². The number of hydrogen-bond acceptors (Lipinski definition) is 5. The summed E-state index contributed by atoms with van der Waals surface area (Å²) in [6, 6.07) is 7.68. The van der Waals surface area contributed by atoms with Gasteiger partial charge in [0.2, 0.25) is 0 Å². The van der Waals surface area contributed by atoms with Crippen molar-refractivity contribution in [3.05, 3.63) is 52.7 Å². The minimum atomic E-state index is 0.611. The molecule has 3 aromatic rings. The van der Waals surface area contributed by atoms with E-state index in [9.17, 15) is 0 Å². The number of aryl methyl sites for hydroxylation is 1. The normalized spacial score (nSPS) is 10.8. The summed E-state index contributed by atoms with van der Waals surface area (Å²) >= 11 is 3.42. The molecule has 0 atom stereocenters. The van der Waals surface area contributed by atoms with E-state index in [-0.39, 0.29) is 0 Å². The van der Waals surface area contributed by atoms with Crippen LogP contribution in [-0.4, -0.2) is 15.0 Å². The number of nitrogen functional groups attached to an aromatic ring is 1. The molecule has 3 rings (SSSR count). The quantitative estimate of drug-likeness (QED) is 0.713. The summed E-state index contributed by atoms with van der Waals surface area (Å²) in [5.41, 5.74) is 9.44. The van der Waals surface area contributed by atoms with Gasteiger partial charge in [0.05, 0.1) is 23.4 Å². The van der Waals surface area contributed by atoms with Crippen LogP contribution in [0.1, 0.15) is 11.5 Å². The molecule has 0 saturated heterocycles. The lowest BCUT2D eigenvalue weighted by molar-refractivity contribution is 0.956. The number of fused-ring (bicyclic) bond motifs is 1. The molecule has 3 N–H and O–H groups in total. The van der Waals surface area contributed by atoms with E-state index in [1.54, 1.807) is 12.4 Å². The molecule has 0 saturated carbocycles. The Morgan fingerprint density at radius 1 is 1.24 bits per heavy atom. The molecule has 6 heteroatoms. The zero-order valence-electron chi connectivity index (χ0n) is 11.5. The van der Waals surface area contributed by atoms with Crippen molar-refractivity contribution in [3.8, 4) is 0 Å². The first kappa shape index (κ1) is 13.8. The summed E-state index contributed by atoms with van der Waals surface area (Å²) in [7, 11) is 0. The Bertz CT molecular complexity index is 803. The number of pyridine rings is 1. The van der Waals surface area contributed by atoms with Crippen LogP contribution in [0.15, 0.2) is 41.1 Å². The zero-order chi connectivity index (χ0) is 14.8. The van der Waals surface area contributed by atoms with E-state index < -0.39 is 0 Å². The summed E-state index contributed by atoms with van der Waals surface area (Å²) in [6.45, 7) is 2.49. The second kappa shape index (κ2) is 5.65. The van der Waals surface area contributed by atoms with Crippen molar-refractivity contribution in [3.63, 3.8) is 0 Å². The first-order valence-corrected chi connectivity index (χ1v) is 7.29. The lowest BCUT2D eigenvalue weighted by Gasteiger charge is -2.11. The van der Waals surface area contributed by atoms with Crippen molar-refractivity contribution in [2.24, 2.45) is 0 Å². The average Bonchev–Trinajstić information content (AvgIpc) is 2.47. The second-order valence-electron chi connectivity index (χ2n) is 4.70. The molecule has 0 bridgehead atoms. The van der Waals surface area contributed by atoms with Gasteiger partial charge in [-0.3, -0.25) is 4.98 Å². The minimum absolute atomic E-state index is 0.611. The average molecular weight is 344 g/mol. The van der Waals surface area contributed by atoms with Crippen LogP contribution in [0.4, 0.5) is 11.4 Å². The van der Waals surface area contributed by atoms with E-state index >= 15 is 0 Å². The molecule has 0 aliphatic rings. The van der Waals surface area contributed by atoms with Gasteiger partial charge >= 0.3 is 0 Å². The number of aromatic nitrogens is 3. The van der Waals surface area contributed by atoms with Crippen LogP contribution in [0.5, 0.6) is 0 Å². The highest BCUT2D eigenvalue weighted by Crippen LogP contribution is 2.29. The van der Waals surface area contributed by atoms with Crippen LogP contribution in [0, 0.1) is 6.92 Å². The number of rotatable bonds is 3. The van der Waals surface area contributed by atoms with Crippen LogP contribution < -0.4 is 11.1 Å². The summed E-state index contributed by atoms with van der Waals surface area (Å²) in [6.07, 6.45) is 3.53. The maximum Gasteiger partial charge on any atom is 0.125 e. The Labute approximate surface area is 130 Å². The highest BCUT2D eigenvalue weighted by Gasteiger charge is 2.06. The molecule has 0 aliphatic heterocycles. The van der Waals surface area contributed by atoms with Gasteiger partial charge in [-0.2, -0.15) is 0 Å². The lowest BCUT2D eigenvalue weighted by atomic mass is 10.1. The molecule has 21 heavy (non-hydrogen) atoms. The Hall–Kier alpha value is -2.21. The monoisotopic (exact) mass is 343 g/mol. The lowest BCUT2D eigenvalue weighted by Crippen LogP contribution is -2.04. The van der Waals surface area contributed by atoms with Crippen LogP contribution in [0.25, 0.3) is 10.9 Å². The fourth-order valence-electron chi connectivity index (χ4n) is 2.15. The van der Waals surface area contributed by atoms with Gasteiger partial charge in [-0.1, -0.05) is 0 Å². The third-order valence-electron chi connectivity index (χ3n) is 3.14. The Morgan fingerprint density at radius 3 is 2.90 bits per heavy atom. The predicted octanol–water partition coefficient (Wildman–Crippen LogP) is 3.29. The molecule has 0 unspecified atom stereocenters. The van der Waals surface area contributed by atoms with E-state index in [0.29, 0.717) is 12.2 Å². The number of halogens is 1. The van der Waals surface area contributed by atoms with Crippen LogP contribution in [-0.2, 0) is 6.54 Å². The Kier molecular flexibility index (Phi) is 3.70. The highest BCUT2D eigenvalue weighted by atomic mass is 79.9. The SMILES string of the molecule is Cc1nccc(CNc2ccc(N)c3cc(Br)cnc23)n1. The Morgan fingerprint density at radius 2 is 2.10 bits per heavy atom. The largest absolute Gasteiger partial charge is 0.398 e. The number of hydrogen-bond donors (Lipinski definition) is 2. The molecule has 2 heterocycles. The molecule has 0 spiro atoms. The van der Waals surface area contributed by atoms with Crippen molar-refractivity contribution in [1.29, 1.82) is 0 Å². The van der Waals surface area contributed by atoms with Crippen LogP contribution in [0.3, 0.4) is 0 Å². The van der Waals surface area contributed by atoms with Crippen molar-refractivity contribution < 1.29 is 0 Å². The van der Waals surface area contributed by atoms with Gasteiger partial charge in [0.1, 0.15) is 5.82 Å². The smallest absolute Gasteiger partial charge is 0.125 e. The first-order valence-electron chi connectivity index (χ1n) is 6.49. The van der Waals surface area contributed by atoms with Gasteiger partial charge in [0, 0.05) is 27.9 Å². The standard InChI is InChI=1S/C15H14BrN5/c1-9-18-5-4-11(21-9)8-19-14-3-2-13(17)12-6-10(16)7-20-15(12)14/h2-7,19H,8,17H2,1H3. The van der Waals surface area contributed by atoms with Crippen molar-refractivity contribution in [2.75, 3.05) is 11.1 Å². The van der Waals surface area contributed by atoms with Crippen molar-refractivity contribution in [2.45, 2.75) is 13.5 Å². The molecular weight excluding hydrogens is 330 g/mol. The number of nitrogens with one attached hydrogen (secondary N) is 1. The van der Waals surface area contributed by atoms with Gasteiger partial charge in [0.15, 0.2) is 0 Å². The molecule has 5 nitrogen and oxygen atoms in total. The van der Waals surface area contributed by atoms with Gasteiger partial charge in [-0.05, 0) is 47.1 Å². The maximum absolute atomic E-state index is 6.01. The molecular formula is C15H14BrN5. The van der Waals surface area contributed by atoms with Gasteiger partial charge < -0.3 is 11.1 Å². The molecule has 106 valence electrons. The van der Waals surface area contributed by atoms with E-state index in [0.717, 1.165) is 32.6 Å². The molecule has 0 aliphatic carbocycles. The molecule has 1 aromatic carbocycles. The summed E-state index contributed by atoms with van der Waals surface area (Å²) in [4.78, 5) is 12.9. The number of nitrogens with two attached hydrogens (primary N) is 1. The van der Waals surface area contributed by atoms with Crippen molar-refractivity contribution >= 4 is 38.2 Å². The molecule has 0 radical (unpaired) electrons. The number of benzene rings is 1. The van der Waals surface area contributed by atoms with Gasteiger partial charge in [0.25, 0.3) is 0 Å². The third kappa shape index (κ3) is 2.95. The summed E-state index contributed by atoms with van der Waals surface area (Å²) in [5.74, 6) is 0.763. The topological polar surface area (TPSA) is 76.7 Å². The fourth-order valence-corrected chi connectivity index (χ4v) is 2.48. The minimum Gasteiger partial charge on any atom is -0.398 e. The van der Waals surface area contributed by atoms with Crippen molar-refractivity contribution in [1.82, 2.24) is 15.0 Å². The highest BCUT2D eigenvalue weighted by molar-refractivity contribution is 9.10. The zero-order valence-corrected chi connectivity index (χ0v) is 13.1.